The molecule has 0 saturated heterocycles. The quantitative estimate of drug-likeness (QED) is 0.707. The van der Waals surface area contributed by atoms with Crippen molar-refractivity contribution in [1.29, 1.82) is 0 Å². The van der Waals surface area contributed by atoms with Crippen molar-refractivity contribution in [1.82, 2.24) is 9.88 Å². The summed E-state index contributed by atoms with van der Waals surface area (Å²) in [5.41, 5.74) is 1.16. The van der Waals surface area contributed by atoms with Crippen LogP contribution in [0.15, 0.2) is 30.7 Å². The summed E-state index contributed by atoms with van der Waals surface area (Å²) in [7, 11) is 0. The van der Waals surface area contributed by atoms with Gasteiger partial charge in [-0.1, -0.05) is 19.4 Å². The Morgan fingerprint density at radius 3 is 2.87 bits per heavy atom. The lowest BCUT2D eigenvalue weighted by Gasteiger charge is -2.17. The summed E-state index contributed by atoms with van der Waals surface area (Å²) in [6, 6.07) is 4.03. The molecule has 1 aromatic heterocycles. The maximum absolute atomic E-state index is 4.08. The normalized spacial score (nSPS) is 10.8. The summed E-state index contributed by atoms with van der Waals surface area (Å²) in [6.45, 7) is 6.61. The van der Waals surface area contributed by atoms with Crippen LogP contribution >= 0.6 is 0 Å². The van der Waals surface area contributed by atoms with Gasteiger partial charge in [-0.25, -0.2) is 0 Å². The minimum atomic E-state index is 1.07. The molecule has 0 atom stereocenters. The molecule has 0 N–H and O–H groups in total. The summed E-state index contributed by atoms with van der Waals surface area (Å²) < 4.78 is 0. The third kappa shape index (κ3) is 4.63. The van der Waals surface area contributed by atoms with E-state index in [-0.39, 0.29) is 0 Å². The fourth-order valence-corrected chi connectivity index (χ4v) is 1.37. The molecule has 1 aromatic rings. The van der Waals surface area contributed by atoms with Crippen molar-refractivity contribution in [2.24, 2.45) is 0 Å². The monoisotopic (exact) mass is 204 g/mol. The summed E-state index contributed by atoms with van der Waals surface area (Å²) in [5, 5.41) is 0. The van der Waals surface area contributed by atoms with Crippen LogP contribution in [0, 0.1) is 0 Å². The number of aromatic nitrogens is 1. The predicted octanol–water partition coefficient (Wildman–Crippen LogP) is 3.17. The fraction of sp³-hybridized carbons (Fsp3) is 0.462. The standard InChI is InChI=1S/C13H20N2/c1-3-5-10-15(4-2)11-8-13-7-6-9-14-12-13/h6-9,11-12H,3-5,10H2,1-2H3/b11-8+. The van der Waals surface area contributed by atoms with Crippen LogP contribution in [-0.4, -0.2) is 23.0 Å². The molecule has 2 nitrogen and oxygen atoms in total. The van der Waals surface area contributed by atoms with E-state index in [1.165, 1.54) is 12.8 Å². The Bertz CT molecular complexity index is 280. The molecule has 0 radical (unpaired) electrons. The maximum atomic E-state index is 4.08. The van der Waals surface area contributed by atoms with E-state index in [0.29, 0.717) is 0 Å². The van der Waals surface area contributed by atoms with E-state index in [1.54, 1.807) is 6.20 Å². The topological polar surface area (TPSA) is 16.1 Å². The number of rotatable bonds is 6. The maximum Gasteiger partial charge on any atom is 0.0340 e. The average Bonchev–Trinajstić information content (AvgIpc) is 2.31. The molecule has 0 aromatic carbocycles. The average molecular weight is 204 g/mol. The highest BCUT2D eigenvalue weighted by molar-refractivity contribution is 5.46. The first-order valence-corrected chi connectivity index (χ1v) is 5.69. The molecule has 0 aliphatic rings. The van der Waals surface area contributed by atoms with Gasteiger partial charge in [0.15, 0.2) is 0 Å². The highest BCUT2D eigenvalue weighted by Gasteiger charge is 1.93. The Morgan fingerprint density at radius 2 is 2.27 bits per heavy atom. The smallest absolute Gasteiger partial charge is 0.0340 e. The van der Waals surface area contributed by atoms with Crippen molar-refractivity contribution in [2.75, 3.05) is 13.1 Å². The van der Waals surface area contributed by atoms with Crippen molar-refractivity contribution in [3.8, 4) is 0 Å². The largest absolute Gasteiger partial charge is 0.378 e. The van der Waals surface area contributed by atoms with Gasteiger partial charge >= 0.3 is 0 Å². The first-order chi connectivity index (χ1) is 7.36. The van der Waals surface area contributed by atoms with Gasteiger partial charge in [-0.2, -0.15) is 0 Å². The summed E-state index contributed by atoms with van der Waals surface area (Å²) in [5.74, 6) is 0. The highest BCUT2D eigenvalue weighted by Crippen LogP contribution is 2.02. The van der Waals surface area contributed by atoms with Gasteiger partial charge in [0, 0.05) is 25.5 Å². The summed E-state index contributed by atoms with van der Waals surface area (Å²) in [6.07, 6.45) is 10.5. The minimum Gasteiger partial charge on any atom is -0.378 e. The van der Waals surface area contributed by atoms with Gasteiger partial charge < -0.3 is 4.90 Å². The third-order valence-electron chi connectivity index (χ3n) is 2.37. The molecule has 0 saturated carbocycles. The Labute approximate surface area is 92.6 Å². The number of hydrogen-bond donors (Lipinski definition) is 0. The number of unbranched alkanes of at least 4 members (excludes halogenated alkanes) is 1. The van der Waals surface area contributed by atoms with Crippen LogP contribution < -0.4 is 0 Å². The van der Waals surface area contributed by atoms with Crippen LogP contribution in [0.2, 0.25) is 0 Å². The van der Waals surface area contributed by atoms with Crippen molar-refractivity contribution in [3.63, 3.8) is 0 Å². The molecule has 0 fully saturated rings. The Balaban J connectivity index is 2.47. The summed E-state index contributed by atoms with van der Waals surface area (Å²) in [4.78, 5) is 6.41. The van der Waals surface area contributed by atoms with Crippen molar-refractivity contribution in [3.05, 3.63) is 36.3 Å². The van der Waals surface area contributed by atoms with Gasteiger partial charge in [-0.15, -0.1) is 0 Å². The fourth-order valence-electron chi connectivity index (χ4n) is 1.37. The second kappa shape index (κ2) is 7.04. The molecule has 0 bridgehead atoms. The first kappa shape index (κ1) is 11.8. The van der Waals surface area contributed by atoms with Gasteiger partial charge in [-0.05, 0) is 37.3 Å². The van der Waals surface area contributed by atoms with Gasteiger partial charge in [0.25, 0.3) is 0 Å². The van der Waals surface area contributed by atoms with E-state index in [2.05, 4.69) is 42.1 Å². The molecule has 0 spiro atoms. The van der Waals surface area contributed by atoms with Gasteiger partial charge in [0.1, 0.15) is 0 Å². The molecule has 0 unspecified atom stereocenters. The number of hydrogen-bond acceptors (Lipinski definition) is 2. The Hall–Kier alpha value is -1.31. The van der Waals surface area contributed by atoms with Crippen LogP contribution in [0.3, 0.4) is 0 Å². The van der Waals surface area contributed by atoms with Crippen molar-refractivity contribution in [2.45, 2.75) is 26.7 Å². The van der Waals surface area contributed by atoms with E-state index < -0.39 is 0 Å². The molecular weight excluding hydrogens is 184 g/mol. The van der Waals surface area contributed by atoms with Crippen LogP contribution in [0.4, 0.5) is 0 Å². The zero-order valence-corrected chi connectivity index (χ0v) is 9.69. The summed E-state index contributed by atoms with van der Waals surface area (Å²) >= 11 is 0. The molecule has 0 aliphatic carbocycles. The minimum absolute atomic E-state index is 1.07. The zero-order valence-electron chi connectivity index (χ0n) is 9.69. The van der Waals surface area contributed by atoms with Crippen molar-refractivity contribution < 1.29 is 0 Å². The lowest BCUT2D eigenvalue weighted by atomic mass is 10.2. The molecular formula is C13H20N2. The van der Waals surface area contributed by atoms with Crippen LogP contribution in [0.25, 0.3) is 6.08 Å². The number of nitrogens with zero attached hydrogens (tertiary/aromatic N) is 2. The lowest BCUT2D eigenvalue weighted by Crippen LogP contribution is -2.17. The zero-order chi connectivity index (χ0) is 10.9. The highest BCUT2D eigenvalue weighted by atomic mass is 15.1. The molecule has 15 heavy (non-hydrogen) atoms. The second-order valence-corrected chi connectivity index (χ2v) is 3.58. The lowest BCUT2D eigenvalue weighted by molar-refractivity contribution is 0.389. The molecule has 82 valence electrons. The third-order valence-corrected chi connectivity index (χ3v) is 2.37. The molecule has 0 amide bonds. The van der Waals surface area contributed by atoms with E-state index in [4.69, 9.17) is 0 Å². The van der Waals surface area contributed by atoms with E-state index in [1.807, 2.05) is 12.3 Å². The number of pyridine rings is 1. The second-order valence-electron chi connectivity index (χ2n) is 3.58. The van der Waals surface area contributed by atoms with E-state index >= 15 is 0 Å². The Kier molecular flexibility index (Phi) is 5.52. The predicted molar refractivity (Wildman–Crippen MR) is 65.4 cm³/mol. The molecule has 1 rings (SSSR count). The molecule has 0 aliphatic heterocycles. The van der Waals surface area contributed by atoms with E-state index in [0.717, 1.165) is 18.7 Å². The van der Waals surface area contributed by atoms with Gasteiger partial charge in [0.05, 0.1) is 0 Å². The van der Waals surface area contributed by atoms with E-state index in [9.17, 15) is 0 Å². The first-order valence-electron chi connectivity index (χ1n) is 5.69. The molecule has 2 heteroatoms. The van der Waals surface area contributed by atoms with Crippen LogP contribution in [0.5, 0.6) is 0 Å². The SMILES string of the molecule is CCCCN(/C=C/c1cccnc1)CC. The molecule has 1 heterocycles. The van der Waals surface area contributed by atoms with Crippen LogP contribution in [0.1, 0.15) is 32.3 Å². The van der Waals surface area contributed by atoms with Crippen LogP contribution in [-0.2, 0) is 0 Å². The van der Waals surface area contributed by atoms with Crippen molar-refractivity contribution >= 4 is 6.08 Å². The van der Waals surface area contributed by atoms with Gasteiger partial charge in [0.2, 0.25) is 0 Å². The Morgan fingerprint density at radius 1 is 1.40 bits per heavy atom. The van der Waals surface area contributed by atoms with Gasteiger partial charge in [-0.3, -0.25) is 4.98 Å².